The van der Waals surface area contributed by atoms with Gasteiger partial charge in [-0.1, -0.05) is 5.11 Å². The Hall–Kier alpha value is -1.43. The van der Waals surface area contributed by atoms with Crippen molar-refractivity contribution < 1.29 is 18.0 Å². The molecule has 1 rings (SSSR count). The molecule has 0 saturated carbocycles. The van der Waals surface area contributed by atoms with Crippen LogP contribution in [-0.4, -0.2) is 36.6 Å². The van der Waals surface area contributed by atoms with Crippen molar-refractivity contribution in [2.75, 3.05) is 19.6 Å². The van der Waals surface area contributed by atoms with Crippen molar-refractivity contribution in [3.05, 3.63) is 10.4 Å². The molecule has 1 amide bonds. The van der Waals surface area contributed by atoms with Crippen molar-refractivity contribution >= 4 is 5.91 Å². The molecule has 1 atom stereocenters. The largest absolute Gasteiger partial charge is 0.406 e. The fraction of sp³-hybridized carbons (Fsp3) is 0.857. The third-order valence-corrected chi connectivity index (χ3v) is 2.07. The smallest absolute Gasteiger partial charge is 0.333 e. The molecule has 0 aromatic rings. The minimum absolute atomic E-state index is 0.0113. The first kappa shape index (κ1) is 11.6. The molecule has 1 unspecified atom stereocenters. The lowest BCUT2D eigenvalue weighted by atomic mass is 10.1. The Bertz CT molecular complexity index is 297. The van der Waals surface area contributed by atoms with Gasteiger partial charge in [-0.3, -0.25) is 4.79 Å². The highest BCUT2D eigenvalue weighted by molar-refractivity contribution is 5.78. The van der Waals surface area contributed by atoms with Crippen molar-refractivity contribution in [2.45, 2.75) is 12.6 Å². The van der Waals surface area contributed by atoms with Gasteiger partial charge in [0.2, 0.25) is 5.91 Å². The zero-order valence-corrected chi connectivity index (χ0v) is 7.74. The van der Waals surface area contributed by atoms with E-state index in [0.29, 0.717) is 0 Å². The Morgan fingerprint density at radius 2 is 2.27 bits per heavy atom. The molecule has 0 aromatic carbocycles. The van der Waals surface area contributed by atoms with Gasteiger partial charge in [-0.05, 0) is 11.4 Å². The van der Waals surface area contributed by atoms with Gasteiger partial charge >= 0.3 is 6.18 Å². The van der Waals surface area contributed by atoms with Gasteiger partial charge in [0.05, 0.1) is 0 Å². The highest BCUT2D eigenvalue weighted by Crippen LogP contribution is 2.23. The van der Waals surface area contributed by atoms with Crippen LogP contribution in [-0.2, 0) is 4.79 Å². The number of likely N-dealkylation sites (tertiary alicyclic amines) is 1. The maximum Gasteiger partial charge on any atom is 0.406 e. The van der Waals surface area contributed by atoms with Gasteiger partial charge in [0.1, 0.15) is 6.54 Å². The first-order valence-electron chi connectivity index (χ1n) is 4.28. The number of alkyl halides is 3. The van der Waals surface area contributed by atoms with E-state index < -0.39 is 18.6 Å². The number of carbonyl (C=O) groups excluding carboxylic acids is 1. The molecule has 0 N–H and O–H groups in total. The van der Waals surface area contributed by atoms with Crippen LogP contribution in [0.15, 0.2) is 5.11 Å². The number of azide groups is 1. The van der Waals surface area contributed by atoms with Crippen LogP contribution in [0.4, 0.5) is 13.2 Å². The van der Waals surface area contributed by atoms with Crippen molar-refractivity contribution in [3.8, 4) is 0 Å². The van der Waals surface area contributed by atoms with E-state index in [2.05, 4.69) is 10.0 Å². The molecule has 0 spiro atoms. The van der Waals surface area contributed by atoms with Gasteiger partial charge in [0.15, 0.2) is 0 Å². The number of hydrogen-bond donors (Lipinski definition) is 0. The molecule has 1 saturated heterocycles. The summed E-state index contributed by atoms with van der Waals surface area (Å²) in [6.45, 7) is -1.15. The summed E-state index contributed by atoms with van der Waals surface area (Å²) in [7, 11) is 0. The van der Waals surface area contributed by atoms with Crippen molar-refractivity contribution in [2.24, 2.45) is 11.0 Å². The standard InChI is InChI=1S/C7H9F3N4O/c8-7(9,10)4-14-3-5(1-6(14)15)2-12-13-11/h5H,1-4H2. The van der Waals surface area contributed by atoms with E-state index in [1.165, 1.54) is 0 Å². The van der Waals surface area contributed by atoms with Crippen LogP contribution >= 0.6 is 0 Å². The molecule has 1 fully saturated rings. The molecule has 5 nitrogen and oxygen atoms in total. The van der Waals surface area contributed by atoms with Crippen molar-refractivity contribution in [1.82, 2.24) is 4.90 Å². The summed E-state index contributed by atoms with van der Waals surface area (Å²) in [4.78, 5) is 14.4. The SMILES string of the molecule is [N-]=[N+]=NCC1CC(=O)N(CC(F)(F)F)C1. The number of nitrogens with zero attached hydrogens (tertiary/aromatic N) is 4. The van der Waals surface area contributed by atoms with Gasteiger partial charge < -0.3 is 4.90 Å². The maximum absolute atomic E-state index is 12.0. The summed E-state index contributed by atoms with van der Waals surface area (Å²) in [6.07, 6.45) is -4.35. The van der Waals surface area contributed by atoms with Crippen LogP contribution < -0.4 is 0 Å². The molecule has 1 aliphatic heterocycles. The topological polar surface area (TPSA) is 69.1 Å². The lowest BCUT2D eigenvalue weighted by molar-refractivity contribution is -0.157. The Balaban J connectivity index is 2.49. The van der Waals surface area contributed by atoms with Crippen molar-refractivity contribution in [3.63, 3.8) is 0 Å². The summed E-state index contributed by atoms with van der Waals surface area (Å²) in [6, 6.07) is 0. The second kappa shape index (κ2) is 4.39. The maximum atomic E-state index is 12.0. The zero-order chi connectivity index (χ0) is 11.5. The third-order valence-electron chi connectivity index (χ3n) is 2.07. The number of halogens is 3. The average molecular weight is 222 g/mol. The van der Waals surface area contributed by atoms with Crippen LogP contribution in [0.1, 0.15) is 6.42 Å². The van der Waals surface area contributed by atoms with E-state index in [0.717, 1.165) is 4.90 Å². The third kappa shape index (κ3) is 3.67. The monoisotopic (exact) mass is 222 g/mol. The summed E-state index contributed by atoms with van der Waals surface area (Å²) in [5.41, 5.74) is 8.02. The summed E-state index contributed by atoms with van der Waals surface area (Å²) in [5, 5.41) is 3.24. The fourth-order valence-electron chi connectivity index (χ4n) is 1.50. The second-order valence-corrected chi connectivity index (χ2v) is 3.37. The molecular weight excluding hydrogens is 213 g/mol. The van der Waals surface area contributed by atoms with Gasteiger partial charge in [0, 0.05) is 24.4 Å². The first-order chi connectivity index (χ1) is 6.92. The minimum atomic E-state index is -4.37. The lowest BCUT2D eigenvalue weighted by Gasteiger charge is -2.17. The zero-order valence-electron chi connectivity index (χ0n) is 7.74. The number of rotatable bonds is 3. The summed E-state index contributed by atoms with van der Waals surface area (Å²) in [5.74, 6) is -0.832. The molecule has 0 aromatic heterocycles. The Morgan fingerprint density at radius 3 is 2.80 bits per heavy atom. The summed E-state index contributed by atoms with van der Waals surface area (Å²) < 4.78 is 36.0. The normalized spacial score (nSPS) is 21.7. The van der Waals surface area contributed by atoms with Crippen LogP contribution in [0.5, 0.6) is 0 Å². The minimum Gasteiger partial charge on any atom is -0.333 e. The van der Waals surface area contributed by atoms with Crippen LogP contribution in [0.2, 0.25) is 0 Å². The van der Waals surface area contributed by atoms with E-state index in [1.807, 2.05) is 0 Å². The molecular formula is C7H9F3N4O. The van der Waals surface area contributed by atoms with Gasteiger partial charge in [-0.15, -0.1) is 0 Å². The molecule has 0 aliphatic carbocycles. The fourth-order valence-corrected chi connectivity index (χ4v) is 1.50. The molecule has 8 heteroatoms. The molecule has 1 aliphatic rings. The number of hydrogen-bond acceptors (Lipinski definition) is 2. The van der Waals surface area contributed by atoms with E-state index in [4.69, 9.17) is 5.53 Å². The van der Waals surface area contributed by atoms with Gasteiger partial charge in [0.25, 0.3) is 0 Å². The van der Waals surface area contributed by atoms with E-state index in [1.54, 1.807) is 0 Å². The highest BCUT2D eigenvalue weighted by Gasteiger charge is 2.37. The van der Waals surface area contributed by atoms with E-state index in [-0.39, 0.29) is 25.4 Å². The Morgan fingerprint density at radius 1 is 1.60 bits per heavy atom. The first-order valence-corrected chi connectivity index (χ1v) is 4.28. The Labute approximate surface area is 83.5 Å². The Kier molecular flexibility index (Phi) is 3.41. The lowest BCUT2D eigenvalue weighted by Crippen LogP contribution is -2.35. The molecule has 15 heavy (non-hydrogen) atoms. The molecule has 0 radical (unpaired) electrons. The highest BCUT2D eigenvalue weighted by atomic mass is 19.4. The molecule has 0 bridgehead atoms. The summed E-state index contributed by atoms with van der Waals surface area (Å²) >= 11 is 0. The molecule has 84 valence electrons. The van der Waals surface area contributed by atoms with Crippen molar-refractivity contribution in [1.29, 1.82) is 0 Å². The predicted molar refractivity (Wildman–Crippen MR) is 44.8 cm³/mol. The number of amides is 1. The van der Waals surface area contributed by atoms with Gasteiger partial charge in [-0.25, -0.2) is 0 Å². The van der Waals surface area contributed by atoms with E-state index in [9.17, 15) is 18.0 Å². The second-order valence-electron chi connectivity index (χ2n) is 3.37. The van der Waals surface area contributed by atoms with Gasteiger partial charge in [-0.2, -0.15) is 13.2 Å². The van der Waals surface area contributed by atoms with Crippen LogP contribution in [0.3, 0.4) is 0 Å². The van der Waals surface area contributed by atoms with Crippen LogP contribution in [0, 0.1) is 5.92 Å². The number of carbonyl (C=O) groups is 1. The van der Waals surface area contributed by atoms with E-state index >= 15 is 0 Å². The predicted octanol–water partition coefficient (Wildman–Crippen LogP) is 1.71. The quantitative estimate of drug-likeness (QED) is 0.407. The van der Waals surface area contributed by atoms with Crippen LogP contribution in [0.25, 0.3) is 10.4 Å². The molecule has 1 heterocycles. The average Bonchev–Trinajstić information content (AvgIpc) is 2.41.